The van der Waals surface area contributed by atoms with Crippen LogP contribution in [0.2, 0.25) is 0 Å². The third-order valence-electron chi connectivity index (χ3n) is 2.91. The second-order valence-corrected chi connectivity index (χ2v) is 4.18. The Morgan fingerprint density at radius 1 is 1.10 bits per heavy atom. The zero-order chi connectivity index (χ0) is 15.0. The van der Waals surface area contributed by atoms with Crippen molar-refractivity contribution < 1.29 is 14.3 Å². The number of carbonyl (C=O) groups excluding carboxylic acids is 2. The normalized spacial score (nSPS) is 11.1. The van der Waals surface area contributed by atoms with Crippen molar-refractivity contribution in [1.29, 1.82) is 0 Å². The van der Waals surface area contributed by atoms with Gasteiger partial charge in [-0.1, -0.05) is 30.3 Å². The largest absolute Gasteiger partial charge is 0.460 e. The molecule has 0 aliphatic carbocycles. The minimum absolute atomic E-state index is 0.192. The number of ether oxygens (including phenoxy) is 1. The molecule has 0 saturated carbocycles. The van der Waals surface area contributed by atoms with E-state index in [0.29, 0.717) is 5.57 Å². The molecule has 1 aromatic rings. The van der Waals surface area contributed by atoms with E-state index in [0.717, 1.165) is 18.7 Å². The summed E-state index contributed by atoms with van der Waals surface area (Å²) in [6, 6.07) is 9.17. The van der Waals surface area contributed by atoms with E-state index in [1.54, 1.807) is 13.1 Å². The van der Waals surface area contributed by atoms with E-state index in [9.17, 15) is 9.59 Å². The van der Waals surface area contributed by atoms with Crippen LogP contribution in [0.15, 0.2) is 36.5 Å². The lowest BCUT2D eigenvalue weighted by Gasteiger charge is -2.17. The van der Waals surface area contributed by atoms with E-state index in [1.165, 1.54) is 0 Å². The van der Waals surface area contributed by atoms with Crippen molar-refractivity contribution in [3.8, 4) is 0 Å². The summed E-state index contributed by atoms with van der Waals surface area (Å²) in [5, 5.41) is 0. The maximum Gasteiger partial charge on any atom is 0.379 e. The number of esters is 1. The summed E-state index contributed by atoms with van der Waals surface area (Å²) in [7, 11) is 0. The molecule has 108 valence electrons. The molecule has 1 rings (SSSR count). The van der Waals surface area contributed by atoms with Gasteiger partial charge in [0.05, 0.1) is 12.2 Å². The molecular weight excluding hydrogens is 254 g/mol. The quantitative estimate of drug-likeness (QED) is 0.436. The Balaban J connectivity index is 3.14. The molecule has 0 fully saturated rings. The molecule has 0 saturated heterocycles. The molecule has 0 amide bonds. The zero-order valence-corrected chi connectivity index (χ0v) is 12.3. The standard InChI is InChI=1S/C16H21NO3/c1-4-17(5-2)12-14(13-10-8-7-9-11-13)15(18)16(19)20-6-3/h7-12H,4-6H2,1-3H3/b14-12+. The van der Waals surface area contributed by atoms with Gasteiger partial charge in [0.15, 0.2) is 0 Å². The second kappa shape index (κ2) is 8.15. The van der Waals surface area contributed by atoms with Gasteiger partial charge in [-0.2, -0.15) is 0 Å². The molecule has 0 bridgehead atoms. The molecule has 0 heterocycles. The molecule has 4 nitrogen and oxygen atoms in total. The van der Waals surface area contributed by atoms with Crippen LogP contribution >= 0.6 is 0 Å². The topological polar surface area (TPSA) is 46.6 Å². The molecule has 0 radical (unpaired) electrons. The Kier molecular flexibility index (Phi) is 6.50. The number of hydrogen-bond donors (Lipinski definition) is 0. The average molecular weight is 275 g/mol. The molecule has 1 aromatic carbocycles. The van der Waals surface area contributed by atoms with E-state index in [1.807, 2.05) is 49.1 Å². The molecule has 0 spiro atoms. The molecular formula is C16H21NO3. The van der Waals surface area contributed by atoms with Gasteiger partial charge in [-0.05, 0) is 26.3 Å². The van der Waals surface area contributed by atoms with Crippen molar-refractivity contribution >= 4 is 17.3 Å². The van der Waals surface area contributed by atoms with Crippen molar-refractivity contribution in [2.75, 3.05) is 19.7 Å². The fourth-order valence-corrected chi connectivity index (χ4v) is 1.78. The van der Waals surface area contributed by atoms with Crippen LogP contribution in [0.3, 0.4) is 0 Å². The minimum atomic E-state index is -0.810. The van der Waals surface area contributed by atoms with Gasteiger partial charge < -0.3 is 9.64 Å². The summed E-state index contributed by atoms with van der Waals surface area (Å²) in [6.45, 7) is 7.40. The molecule has 0 aliphatic heterocycles. The third-order valence-corrected chi connectivity index (χ3v) is 2.91. The lowest BCUT2D eigenvalue weighted by molar-refractivity contribution is -0.150. The summed E-state index contributed by atoms with van der Waals surface area (Å²) in [5.74, 6) is -1.42. The van der Waals surface area contributed by atoms with Crippen LogP contribution in [0.4, 0.5) is 0 Å². The average Bonchev–Trinajstić information content (AvgIpc) is 2.49. The van der Waals surface area contributed by atoms with Crippen LogP contribution in [0, 0.1) is 0 Å². The predicted octanol–water partition coefficient (Wildman–Crippen LogP) is 2.50. The van der Waals surface area contributed by atoms with Crippen molar-refractivity contribution in [2.24, 2.45) is 0 Å². The highest BCUT2D eigenvalue weighted by Gasteiger charge is 2.22. The van der Waals surface area contributed by atoms with Crippen molar-refractivity contribution in [3.05, 3.63) is 42.1 Å². The minimum Gasteiger partial charge on any atom is -0.460 e. The number of carbonyl (C=O) groups is 2. The van der Waals surface area contributed by atoms with Gasteiger partial charge in [-0.3, -0.25) is 4.79 Å². The highest BCUT2D eigenvalue weighted by atomic mass is 16.5. The summed E-state index contributed by atoms with van der Waals surface area (Å²) >= 11 is 0. The first kappa shape index (κ1) is 16.0. The van der Waals surface area contributed by atoms with Crippen LogP contribution in [-0.2, 0) is 14.3 Å². The number of hydrogen-bond acceptors (Lipinski definition) is 4. The van der Waals surface area contributed by atoms with E-state index in [2.05, 4.69) is 0 Å². The Bertz CT molecular complexity index is 476. The number of ketones is 1. The van der Waals surface area contributed by atoms with Crippen LogP contribution in [-0.4, -0.2) is 36.3 Å². The summed E-state index contributed by atoms with van der Waals surface area (Å²) < 4.78 is 4.81. The number of nitrogens with zero attached hydrogens (tertiary/aromatic N) is 1. The summed E-state index contributed by atoms with van der Waals surface area (Å²) in [4.78, 5) is 25.9. The molecule has 0 aromatic heterocycles. The zero-order valence-electron chi connectivity index (χ0n) is 12.3. The highest BCUT2D eigenvalue weighted by molar-refractivity contribution is 6.51. The van der Waals surface area contributed by atoms with Gasteiger partial charge in [-0.15, -0.1) is 0 Å². The summed E-state index contributed by atoms with van der Waals surface area (Å²) in [6.07, 6.45) is 1.73. The second-order valence-electron chi connectivity index (χ2n) is 4.18. The van der Waals surface area contributed by atoms with Gasteiger partial charge in [0.1, 0.15) is 0 Å². The maximum absolute atomic E-state index is 12.2. The van der Waals surface area contributed by atoms with Gasteiger partial charge in [0.25, 0.3) is 5.78 Å². The predicted molar refractivity (Wildman–Crippen MR) is 79.0 cm³/mol. The van der Waals surface area contributed by atoms with Gasteiger partial charge >= 0.3 is 5.97 Å². The van der Waals surface area contributed by atoms with Crippen LogP contribution in [0.5, 0.6) is 0 Å². The smallest absolute Gasteiger partial charge is 0.379 e. The first-order valence-corrected chi connectivity index (χ1v) is 6.86. The fraction of sp³-hybridized carbons (Fsp3) is 0.375. The highest BCUT2D eigenvalue weighted by Crippen LogP contribution is 2.17. The molecule has 0 aliphatic rings. The van der Waals surface area contributed by atoms with Crippen molar-refractivity contribution in [1.82, 2.24) is 4.90 Å². The Hall–Kier alpha value is -2.10. The van der Waals surface area contributed by atoms with E-state index < -0.39 is 11.8 Å². The lowest BCUT2D eigenvalue weighted by atomic mass is 10.0. The molecule has 0 N–H and O–H groups in total. The number of Topliss-reactive ketones (excluding diaryl/α,β-unsaturated/α-hetero) is 1. The van der Waals surface area contributed by atoms with Crippen LogP contribution in [0.25, 0.3) is 5.57 Å². The van der Waals surface area contributed by atoms with Crippen LogP contribution in [0.1, 0.15) is 26.3 Å². The maximum atomic E-state index is 12.2. The molecule has 0 unspecified atom stereocenters. The van der Waals surface area contributed by atoms with Gasteiger partial charge in [-0.25, -0.2) is 4.79 Å². The monoisotopic (exact) mass is 275 g/mol. The van der Waals surface area contributed by atoms with Gasteiger partial charge in [0.2, 0.25) is 0 Å². The molecule has 0 atom stereocenters. The summed E-state index contributed by atoms with van der Waals surface area (Å²) in [5.41, 5.74) is 1.09. The van der Waals surface area contributed by atoms with Crippen molar-refractivity contribution in [2.45, 2.75) is 20.8 Å². The first-order valence-electron chi connectivity index (χ1n) is 6.86. The van der Waals surface area contributed by atoms with E-state index >= 15 is 0 Å². The third kappa shape index (κ3) is 4.23. The SMILES string of the molecule is CCOC(=O)C(=O)/C(=C/N(CC)CC)c1ccccc1. The fourth-order valence-electron chi connectivity index (χ4n) is 1.78. The van der Waals surface area contributed by atoms with E-state index in [4.69, 9.17) is 4.74 Å². The van der Waals surface area contributed by atoms with Gasteiger partial charge in [0, 0.05) is 19.3 Å². The van der Waals surface area contributed by atoms with E-state index in [-0.39, 0.29) is 6.61 Å². The Labute approximate surface area is 120 Å². The number of rotatable bonds is 7. The number of benzene rings is 1. The van der Waals surface area contributed by atoms with Crippen LogP contribution < -0.4 is 0 Å². The Morgan fingerprint density at radius 3 is 2.20 bits per heavy atom. The first-order chi connectivity index (χ1) is 9.63. The molecule has 20 heavy (non-hydrogen) atoms. The lowest BCUT2D eigenvalue weighted by Crippen LogP contribution is -2.22. The van der Waals surface area contributed by atoms with Crippen molar-refractivity contribution in [3.63, 3.8) is 0 Å². The Morgan fingerprint density at radius 2 is 1.70 bits per heavy atom. The molecule has 4 heteroatoms.